The molecule has 0 aliphatic carbocycles. The van der Waals surface area contributed by atoms with Crippen LogP contribution in [0.15, 0.2) is 30.5 Å². The van der Waals surface area contributed by atoms with E-state index < -0.39 is 5.60 Å². The third kappa shape index (κ3) is 3.56. The minimum atomic E-state index is -0.512. The summed E-state index contributed by atoms with van der Waals surface area (Å²) in [6.07, 6.45) is 2.31. The lowest BCUT2D eigenvalue weighted by Gasteiger charge is -2.24. The Morgan fingerprint density at radius 2 is 2.10 bits per heavy atom. The van der Waals surface area contributed by atoms with Crippen LogP contribution >= 0.6 is 0 Å². The van der Waals surface area contributed by atoms with E-state index in [1.807, 2.05) is 45.0 Å². The number of nitrogen functional groups attached to an aromatic ring is 1. The number of pyridine rings is 1. The highest BCUT2D eigenvalue weighted by Crippen LogP contribution is 2.33. The number of aromatic nitrogens is 5. The topological polar surface area (TPSA) is 126 Å². The quantitative estimate of drug-likeness (QED) is 0.454. The number of ether oxygens (including phenoxy) is 1. The van der Waals surface area contributed by atoms with Gasteiger partial charge < -0.3 is 20.4 Å². The zero-order valence-corrected chi connectivity index (χ0v) is 17.8. The van der Waals surface area contributed by atoms with Crippen molar-refractivity contribution in [2.24, 2.45) is 0 Å². The van der Waals surface area contributed by atoms with Gasteiger partial charge in [0, 0.05) is 36.2 Å². The molecule has 0 saturated carbocycles. The molecule has 4 N–H and O–H groups in total. The summed E-state index contributed by atoms with van der Waals surface area (Å²) in [4.78, 5) is 26.9. The average Bonchev–Trinajstić information content (AvgIpc) is 3.46. The maximum absolute atomic E-state index is 12.4. The maximum Gasteiger partial charge on any atom is 0.410 e. The molecule has 5 rings (SSSR count). The fourth-order valence-electron chi connectivity index (χ4n) is 4.04. The normalized spacial score (nSPS) is 17.0. The molecule has 1 saturated heterocycles. The van der Waals surface area contributed by atoms with Crippen molar-refractivity contribution in [1.29, 1.82) is 0 Å². The summed E-state index contributed by atoms with van der Waals surface area (Å²) in [5.74, 6) is 1.29. The van der Waals surface area contributed by atoms with Crippen LogP contribution in [0.3, 0.4) is 0 Å². The van der Waals surface area contributed by atoms with Gasteiger partial charge >= 0.3 is 6.09 Å². The number of hydrogen-bond donors (Lipinski definition) is 3. The van der Waals surface area contributed by atoms with Crippen molar-refractivity contribution >= 4 is 33.8 Å². The highest BCUT2D eigenvalue weighted by Gasteiger charge is 2.32. The fraction of sp³-hybridized carbons (Fsp3) is 0.364. The number of anilines is 1. The number of aromatic amines is 2. The van der Waals surface area contributed by atoms with Gasteiger partial charge in [0.25, 0.3) is 0 Å². The van der Waals surface area contributed by atoms with Crippen molar-refractivity contribution in [3.05, 3.63) is 36.3 Å². The molecule has 4 heterocycles. The van der Waals surface area contributed by atoms with Crippen molar-refractivity contribution in [3.63, 3.8) is 0 Å². The molecule has 1 amide bonds. The number of benzene rings is 1. The summed E-state index contributed by atoms with van der Waals surface area (Å²) in [7, 11) is 0. The molecule has 4 aromatic rings. The minimum absolute atomic E-state index is 0.0951. The Morgan fingerprint density at radius 3 is 2.84 bits per heavy atom. The van der Waals surface area contributed by atoms with E-state index in [-0.39, 0.29) is 12.0 Å². The van der Waals surface area contributed by atoms with Crippen molar-refractivity contribution in [1.82, 2.24) is 30.0 Å². The molecule has 1 fully saturated rings. The van der Waals surface area contributed by atoms with Gasteiger partial charge in [-0.1, -0.05) is 6.07 Å². The van der Waals surface area contributed by atoms with E-state index in [2.05, 4.69) is 20.2 Å². The molecule has 1 unspecified atom stereocenters. The summed E-state index contributed by atoms with van der Waals surface area (Å²) < 4.78 is 5.50. The molecule has 9 nitrogen and oxygen atoms in total. The van der Waals surface area contributed by atoms with E-state index in [4.69, 9.17) is 15.5 Å². The van der Waals surface area contributed by atoms with Crippen LogP contribution in [0.2, 0.25) is 0 Å². The number of rotatable bonds is 2. The number of likely N-dealkylation sites (tertiary alicyclic amines) is 1. The van der Waals surface area contributed by atoms with E-state index in [9.17, 15) is 4.79 Å². The van der Waals surface area contributed by atoms with Gasteiger partial charge in [0.05, 0.1) is 16.7 Å². The Hall–Kier alpha value is -3.62. The number of imidazole rings is 1. The Bertz CT molecular complexity index is 1270. The molecular weight excluding hydrogens is 394 g/mol. The summed E-state index contributed by atoms with van der Waals surface area (Å²) in [6, 6.07) is 7.91. The summed E-state index contributed by atoms with van der Waals surface area (Å²) >= 11 is 0. The van der Waals surface area contributed by atoms with Crippen LogP contribution in [0.5, 0.6) is 0 Å². The van der Waals surface area contributed by atoms with Crippen LogP contribution in [0, 0.1) is 0 Å². The smallest absolute Gasteiger partial charge is 0.410 e. The van der Waals surface area contributed by atoms with Gasteiger partial charge in [0.15, 0.2) is 5.82 Å². The van der Waals surface area contributed by atoms with Crippen LogP contribution < -0.4 is 5.73 Å². The second kappa shape index (κ2) is 6.97. The Labute approximate surface area is 179 Å². The van der Waals surface area contributed by atoms with Crippen LogP contribution in [0.4, 0.5) is 10.6 Å². The predicted molar refractivity (Wildman–Crippen MR) is 119 cm³/mol. The molecular formula is C22H25N7O2. The summed E-state index contributed by atoms with van der Waals surface area (Å²) in [6.45, 7) is 6.81. The van der Waals surface area contributed by atoms with E-state index in [1.54, 1.807) is 11.1 Å². The molecule has 1 aliphatic heterocycles. The van der Waals surface area contributed by atoms with Gasteiger partial charge in [-0.05, 0) is 45.4 Å². The zero-order valence-electron chi connectivity index (χ0n) is 17.8. The lowest BCUT2D eigenvalue weighted by Crippen LogP contribution is -2.35. The number of hydrogen-bond acceptors (Lipinski definition) is 6. The molecule has 1 atom stereocenters. The van der Waals surface area contributed by atoms with Crippen LogP contribution in [-0.2, 0) is 4.74 Å². The Kier molecular flexibility index (Phi) is 4.35. The molecule has 9 heteroatoms. The highest BCUT2D eigenvalue weighted by molar-refractivity contribution is 6.07. The first-order valence-corrected chi connectivity index (χ1v) is 10.4. The first-order chi connectivity index (χ1) is 14.8. The number of nitrogens with one attached hydrogen (secondary N) is 2. The molecule has 0 bridgehead atoms. The standard InChI is InChI=1S/C22H25N7O2/c1-22(2,3)31-21(30)29-9-7-13(11-29)20-26-17-14-5-4-12(15-6-8-24-28-15)10-16(14)25-19(23)18(17)27-20/h4-6,8,10,13H,7,9,11H2,1-3H3,(H2,23,25)(H,24,28)(H,26,27). The predicted octanol–water partition coefficient (Wildman–Crippen LogP) is 3.81. The zero-order chi connectivity index (χ0) is 21.8. The van der Waals surface area contributed by atoms with Crippen LogP contribution in [-0.4, -0.2) is 54.8 Å². The largest absolute Gasteiger partial charge is 0.444 e. The number of H-pyrrole nitrogens is 2. The summed E-state index contributed by atoms with van der Waals surface area (Å²) in [5.41, 5.74) is 9.85. The maximum atomic E-state index is 12.4. The van der Waals surface area contributed by atoms with Gasteiger partial charge in [0.1, 0.15) is 16.9 Å². The van der Waals surface area contributed by atoms with Crippen LogP contribution in [0.1, 0.15) is 38.9 Å². The van der Waals surface area contributed by atoms with Crippen LogP contribution in [0.25, 0.3) is 33.2 Å². The molecule has 0 radical (unpaired) electrons. The molecule has 160 valence electrons. The number of carbonyl (C=O) groups is 1. The highest BCUT2D eigenvalue weighted by atomic mass is 16.6. The second-order valence-electron chi connectivity index (χ2n) is 8.95. The third-order valence-corrected chi connectivity index (χ3v) is 5.50. The lowest BCUT2D eigenvalue weighted by molar-refractivity contribution is 0.0292. The average molecular weight is 419 g/mol. The van der Waals surface area contributed by atoms with E-state index >= 15 is 0 Å². The minimum Gasteiger partial charge on any atom is -0.444 e. The van der Waals surface area contributed by atoms with Crippen molar-refractivity contribution in [2.45, 2.75) is 38.7 Å². The molecule has 0 spiro atoms. The SMILES string of the molecule is CC(C)(C)OC(=O)N1CCC(c2nc3c(N)nc4cc(-c5cc[nH]n5)ccc4c3[nH]2)C1. The van der Waals surface area contributed by atoms with E-state index in [0.29, 0.717) is 24.4 Å². The van der Waals surface area contributed by atoms with Gasteiger partial charge in [-0.25, -0.2) is 14.8 Å². The van der Waals surface area contributed by atoms with Gasteiger partial charge in [-0.2, -0.15) is 5.10 Å². The van der Waals surface area contributed by atoms with Crippen molar-refractivity contribution in [3.8, 4) is 11.3 Å². The van der Waals surface area contributed by atoms with Gasteiger partial charge in [-0.3, -0.25) is 5.10 Å². The number of carbonyl (C=O) groups excluding carboxylic acids is 1. The fourth-order valence-corrected chi connectivity index (χ4v) is 4.04. The van der Waals surface area contributed by atoms with Crippen molar-refractivity contribution < 1.29 is 9.53 Å². The van der Waals surface area contributed by atoms with E-state index in [1.165, 1.54) is 0 Å². The third-order valence-electron chi connectivity index (χ3n) is 5.50. The van der Waals surface area contributed by atoms with Gasteiger partial charge in [-0.15, -0.1) is 0 Å². The lowest BCUT2D eigenvalue weighted by atomic mass is 10.1. The number of nitrogens with two attached hydrogens (primary N) is 1. The molecule has 1 aromatic carbocycles. The first kappa shape index (κ1) is 19.3. The number of fused-ring (bicyclic) bond motifs is 3. The Morgan fingerprint density at radius 1 is 1.26 bits per heavy atom. The van der Waals surface area contributed by atoms with Crippen molar-refractivity contribution in [2.75, 3.05) is 18.8 Å². The molecule has 3 aromatic heterocycles. The number of amides is 1. The molecule has 31 heavy (non-hydrogen) atoms. The Balaban J connectivity index is 1.47. The first-order valence-electron chi connectivity index (χ1n) is 10.4. The van der Waals surface area contributed by atoms with Gasteiger partial charge in [0.2, 0.25) is 0 Å². The monoisotopic (exact) mass is 419 g/mol. The number of nitrogens with zero attached hydrogens (tertiary/aromatic N) is 4. The van der Waals surface area contributed by atoms with E-state index in [0.717, 1.165) is 39.9 Å². The summed E-state index contributed by atoms with van der Waals surface area (Å²) in [5, 5.41) is 8.01. The molecule has 1 aliphatic rings. The second-order valence-corrected chi connectivity index (χ2v) is 8.95.